The first-order chi connectivity index (χ1) is 8.10. The van der Waals surface area contributed by atoms with Crippen molar-refractivity contribution in [2.75, 3.05) is 0 Å². The number of benzene rings is 1. The van der Waals surface area contributed by atoms with Gasteiger partial charge in [0, 0.05) is 0 Å². The number of rotatable bonds is 3. The Morgan fingerprint density at radius 3 is 2.00 bits per heavy atom. The molecule has 2 heteroatoms. The molecule has 0 aliphatic heterocycles. The molecule has 1 rings (SSSR count). The van der Waals surface area contributed by atoms with Gasteiger partial charge in [-0.25, -0.2) is 0 Å². The molecule has 1 aromatic carbocycles. The Labute approximate surface area is 110 Å². The van der Waals surface area contributed by atoms with Crippen molar-refractivity contribution in [3.63, 3.8) is 0 Å². The Morgan fingerprint density at radius 1 is 1.06 bits per heavy atom. The Kier molecular flexibility index (Phi) is 4.20. The quantitative estimate of drug-likeness (QED) is 0.586. The van der Waals surface area contributed by atoms with E-state index in [1.165, 1.54) is 0 Å². The minimum absolute atomic E-state index is 0.107. The maximum absolute atomic E-state index is 12.2. The standard InChI is InChI=1S/C16H24O2/c1-12-7-9-13(10-8-12)18-14(17)16(5,6)11-15(2,3)4/h7-10H,11H2,1-6H3. The molecule has 0 atom stereocenters. The molecule has 2 nitrogen and oxygen atoms in total. The van der Waals surface area contributed by atoms with E-state index in [1.807, 2.05) is 45.0 Å². The van der Waals surface area contributed by atoms with Crippen molar-refractivity contribution in [2.45, 2.75) is 48.0 Å². The highest BCUT2D eigenvalue weighted by Gasteiger charge is 2.34. The third-order valence-corrected chi connectivity index (χ3v) is 2.76. The summed E-state index contributed by atoms with van der Waals surface area (Å²) in [6.45, 7) is 12.3. The predicted molar refractivity (Wildman–Crippen MR) is 74.7 cm³/mol. The van der Waals surface area contributed by atoms with Crippen LogP contribution in [0, 0.1) is 17.8 Å². The minimum Gasteiger partial charge on any atom is -0.426 e. The van der Waals surface area contributed by atoms with Gasteiger partial charge in [0.1, 0.15) is 5.75 Å². The number of ether oxygens (including phenoxy) is 1. The molecular formula is C16H24O2. The van der Waals surface area contributed by atoms with Gasteiger partial charge in [-0.1, -0.05) is 38.5 Å². The van der Waals surface area contributed by atoms with Crippen LogP contribution in [0.4, 0.5) is 0 Å². The summed E-state index contributed by atoms with van der Waals surface area (Å²) < 4.78 is 5.44. The Hall–Kier alpha value is -1.31. The molecule has 0 unspecified atom stereocenters. The largest absolute Gasteiger partial charge is 0.426 e. The fourth-order valence-electron chi connectivity index (χ4n) is 2.25. The van der Waals surface area contributed by atoms with Gasteiger partial charge in [-0.05, 0) is 44.7 Å². The zero-order valence-corrected chi connectivity index (χ0v) is 12.3. The first kappa shape index (κ1) is 14.7. The third-order valence-electron chi connectivity index (χ3n) is 2.76. The molecule has 0 aliphatic rings. The second-order valence-electron chi connectivity index (χ2n) is 6.82. The maximum atomic E-state index is 12.2. The van der Waals surface area contributed by atoms with Crippen molar-refractivity contribution >= 4 is 5.97 Å². The van der Waals surface area contributed by atoms with Crippen LogP contribution in [-0.4, -0.2) is 5.97 Å². The highest BCUT2D eigenvalue weighted by molar-refractivity contribution is 5.78. The van der Waals surface area contributed by atoms with Crippen molar-refractivity contribution in [3.05, 3.63) is 29.8 Å². The fraction of sp³-hybridized carbons (Fsp3) is 0.562. The van der Waals surface area contributed by atoms with E-state index in [2.05, 4.69) is 20.8 Å². The van der Waals surface area contributed by atoms with E-state index in [4.69, 9.17) is 4.74 Å². The fourth-order valence-corrected chi connectivity index (χ4v) is 2.25. The molecule has 0 saturated carbocycles. The molecule has 0 bridgehead atoms. The number of carbonyl (C=O) groups is 1. The van der Waals surface area contributed by atoms with Crippen LogP contribution in [0.15, 0.2) is 24.3 Å². The van der Waals surface area contributed by atoms with E-state index < -0.39 is 5.41 Å². The van der Waals surface area contributed by atoms with Crippen LogP contribution in [0.1, 0.15) is 46.6 Å². The topological polar surface area (TPSA) is 26.3 Å². The average Bonchev–Trinajstić information content (AvgIpc) is 2.17. The van der Waals surface area contributed by atoms with E-state index in [1.54, 1.807) is 0 Å². The molecule has 1 aromatic rings. The number of hydrogen-bond acceptors (Lipinski definition) is 2. The first-order valence-electron chi connectivity index (χ1n) is 6.39. The summed E-state index contributed by atoms with van der Waals surface area (Å²) in [5, 5.41) is 0. The van der Waals surface area contributed by atoms with E-state index in [0.29, 0.717) is 5.75 Å². The van der Waals surface area contributed by atoms with E-state index in [9.17, 15) is 4.79 Å². The summed E-state index contributed by atoms with van der Waals surface area (Å²) in [5.41, 5.74) is 0.794. The molecule has 0 aliphatic carbocycles. The Bertz CT molecular complexity index is 408. The van der Waals surface area contributed by atoms with Gasteiger partial charge >= 0.3 is 5.97 Å². The Balaban J connectivity index is 2.73. The SMILES string of the molecule is Cc1ccc(OC(=O)C(C)(C)CC(C)(C)C)cc1. The third kappa shape index (κ3) is 4.52. The molecule has 0 radical (unpaired) electrons. The zero-order chi connectivity index (χ0) is 14.0. The van der Waals surface area contributed by atoms with Crippen molar-refractivity contribution in [1.29, 1.82) is 0 Å². The van der Waals surface area contributed by atoms with E-state index >= 15 is 0 Å². The normalized spacial score (nSPS) is 12.3. The maximum Gasteiger partial charge on any atom is 0.316 e. The van der Waals surface area contributed by atoms with Crippen LogP contribution < -0.4 is 4.74 Å². The van der Waals surface area contributed by atoms with Gasteiger partial charge in [0.05, 0.1) is 5.41 Å². The average molecular weight is 248 g/mol. The highest BCUT2D eigenvalue weighted by Crippen LogP contribution is 2.34. The highest BCUT2D eigenvalue weighted by atomic mass is 16.5. The summed E-state index contributed by atoms with van der Waals surface area (Å²) in [6, 6.07) is 7.56. The number of aryl methyl sites for hydroxylation is 1. The smallest absolute Gasteiger partial charge is 0.316 e. The van der Waals surface area contributed by atoms with Crippen molar-refractivity contribution in [1.82, 2.24) is 0 Å². The van der Waals surface area contributed by atoms with Gasteiger partial charge in [0.25, 0.3) is 0 Å². The van der Waals surface area contributed by atoms with Crippen LogP contribution in [0.3, 0.4) is 0 Å². The van der Waals surface area contributed by atoms with E-state index in [-0.39, 0.29) is 11.4 Å². The lowest BCUT2D eigenvalue weighted by Crippen LogP contribution is -2.33. The van der Waals surface area contributed by atoms with Gasteiger partial charge < -0.3 is 4.74 Å². The molecule has 0 fully saturated rings. The summed E-state index contributed by atoms with van der Waals surface area (Å²) in [7, 11) is 0. The molecule has 0 N–H and O–H groups in total. The summed E-state index contributed by atoms with van der Waals surface area (Å²) in [5.74, 6) is 0.453. The van der Waals surface area contributed by atoms with Gasteiger partial charge in [-0.3, -0.25) is 4.79 Å². The number of hydrogen-bond donors (Lipinski definition) is 0. The lowest BCUT2D eigenvalue weighted by molar-refractivity contribution is -0.145. The lowest BCUT2D eigenvalue weighted by Gasteiger charge is -2.30. The predicted octanol–water partition coefficient (Wildman–Crippen LogP) is 4.36. The van der Waals surface area contributed by atoms with Crippen LogP contribution in [0.5, 0.6) is 5.75 Å². The molecule has 100 valence electrons. The van der Waals surface area contributed by atoms with Crippen molar-refractivity contribution in [2.24, 2.45) is 10.8 Å². The molecule has 0 saturated heterocycles. The zero-order valence-electron chi connectivity index (χ0n) is 12.3. The molecular weight excluding hydrogens is 224 g/mol. The van der Waals surface area contributed by atoms with Gasteiger partial charge in [0.2, 0.25) is 0 Å². The van der Waals surface area contributed by atoms with E-state index in [0.717, 1.165) is 12.0 Å². The first-order valence-corrected chi connectivity index (χ1v) is 6.39. The molecule has 0 amide bonds. The van der Waals surface area contributed by atoms with Crippen LogP contribution in [0.25, 0.3) is 0 Å². The lowest BCUT2D eigenvalue weighted by atomic mass is 9.76. The summed E-state index contributed by atoms with van der Waals surface area (Å²) in [4.78, 5) is 12.2. The monoisotopic (exact) mass is 248 g/mol. The number of esters is 1. The van der Waals surface area contributed by atoms with Crippen LogP contribution in [0.2, 0.25) is 0 Å². The van der Waals surface area contributed by atoms with Gasteiger partial charge in [-0.15, -0.1) is 0 Å². The molecule has 0 aromatic heterocycles. The van der Waals surface area contributed by atoms with Crippen LogP contribution in [-0.2, 0) is 4.79 Å². The summed E-state index contributed by atoms with van der Waals surface area (Å²) in [6.07, 6.45) is 0.796. The van der Waals surface area contributed by atoms with Crippen molar-refractivity contribution < 1.29 is 9.53 Å². The van der Waals surface area contributed by atoms with Crippen LogP contribution >= 0.6 is 0 Å². The minimum atomic E-state index is -0.469. The van der Waals surface area contributed by atoms with Crippen molar-refractivity contribution in [3.8, 4) is 5.75 Å². The molecule has 0 spiro atoms. The molecule has 0 heterocycles. The second kappa shape index (κ2) is 5.13. The molecule has 18 heavy (non-hydrogen) atoms. The Morgan fingerprint density at radius 2 is 1.56 bits per heavy atom. The second-order valence-corrected chi connectivity index (χ2v) is 6.82. The van der Waals surface area contributed by atoms with Gasteiger partial charge in [-0.2, -0.15) is 0 Å². The summed E-state index contributed by atoms with van der Waals surface area (Å²) >= 11 is 0. The van der Waals surface area contributed by atoms with Gasteiger partial charge in [0.15, 0.2) is 0 Å². The number of carbonyl (C=O) groups excluding carboxylic acids is 1.